The van der Waals surface area contributed by atoms with E-state index >= 15 is 0 Å². The first-order valence-electron chi connectivity index (χ1n) is 13.2. The minimum absolute atomic E-state index is 0.199. The maximum atomic E-state index is 14.0. The van der Waals surface area contributed by atoms with E-state index in [1.54, 1.807) is 44.8 Å². The monoisotopic (exact) mass is 696 g/mol. The number of carbonyl (C=O) groups is 1. The molecule has 1 aliphatic rings. The summed E-state index contributed by atoms with van der Waals surface area (Å²) in [6, 6.07) is 20.3. The molecule has 3 aromatic carbocycles. The summed E-state index contributed by atoms with van der Waals surface area (Å²) in [5.41, 5.74) is 3.00. The van der Waals surface area contributed by atoms with Gasteiger partial charge in [0.05, 0.1) is 40.2 Å². The summed E-state index contributed by atoms with van der Waals surface area (Å²) in [5.74, 6) is 1.23. The van der Waals surface area contributed by atoms with Crippen molar-refractivity contribution in [1.29, 1.82) is 0 Å². The van der Waals surface area contributed by atoms with Gasteiger partial charge in [-0.3, -0.25) is 9.36 Å². The highest BCUT2D eigenvalue weighted by Gasteiger charge is 2.35. The van der Waals surface area contributed by atoms with Crippen LogP contribution in [0.15, 0.2) is 87.8 Å². The van der Waals surface area contributed by atoms with Crippen molar-refractivity contribution < 1.29 is 23.7 Å². The third kappa shape index (κ3) is 5.86. The Morgan fingerprint density at radius 3 is 2.48 bits per heavy atom. The number of rotatable bonds is 9. The van der Waals surface area contributed by atoms with Gasteiger partial charge in [-0.2, -0.15) is 0 Å². The molecule has 10 heteroatoms. The maximum absolute atomic E-state index is 14.0. The van der Waals surface area contributed by atoms with Crippen molar-refractivity contribution in [1.82, 2.24) is 4.57 Å². The van der Waals surface area contributed by atoms with Crippen molar-refractivity contribution in [3.63, 3.8) is 0 Å². The van der Waals surface area contributed by atoms with Crippen LogP contribution in [0.3, 0.4) is 0 Å². The fourth-order valence-corrected chi connectivity index (χ4v) is 6.65. The number of methoxy groups -OCH3 is 2. The lowest BCUT2D eigenvalue weighted by Crippen LogP contribution is -2.40. The van der Waals surface area contributed by atoms with E-state index in [-0.39, 0.29) is 12.2 Å². The van der Waals surface area contributed by atoms with Crippen LogP contribution in [0.25, 0.3) is 6.08 Å². The highest BCUT2D eigenvalue weighted by atomic mass is 127. The fourth-order valence-electron chi connectivity index (χ4n) is 4.82. The predicted molar refractivity (Wildman–Crippen MR) is 170 cm³/mol. The number of nitrogens with zero attached hydrogens (tertiary/aromatic N) is 2. The van der Waals surface area contributed by atoms with Crippen LogP contribution < -0.4 is 29.1 Å². The van der Waals surface area contributed by atoms with Crippen LogP contribution in [0.2, 0.25) is 0 Å². The Bertz CT molecular complexity index is 1840. The molecule has 0 saturated heterocycles. The van der Waals surface area contributed by atoms with Crippen molar-refractivity contribution in [2.75, 3.05) is 20.8 Å². The number of aromatic nitrogens is 1. The number of ether oxygens (including phenoxy) is 4. The van der Waals surface area contributed by atoms with E-state index in [4.69, 9.17) is 18.9 Å². The van der Waals surface area contributed by atoms with E-state index in [1.165, 1.54) is 11.3 Å². The lowest BCUT2D eigenvalue weighted by molar-refractivity contribution is -0.139. The lowest BCUT2D eigenvalue weighted by atomic mass is 9.95. The molecule has 4 aromatic rings. The van der Waals surface area contributed by atoms with Gasteiger partial charge in [0, 0.05) is 5.56 Å². The van der Waals surface area contributed by atoms with Gasteiger partial charge >= 0.3 is 5.97 Å². The van der Waals surface area contributed by atoms with Crippen LogP contribution in [0.5, 0.6) is 17.2 Å². The van der Waals surface area contributed by atoms with Crippen molar-refractivity contribution in [2.45, 2.75) is 26.5 Å². The molecule has 216 valence electrons. The van der Waals surface area contributed by atoms with Gasteiger partial charge in [0.15, 0.2) is 16.3 Å². The van der Waals surface area contributed by atoms with Crippen LogP contribution in [-0.4, -0.2) is 31.4 Å². The molecule has 0 unspecified atom stereocenters. The number of carbonyl (C=O) groups excluding carboxylic acids is 1. The number of hydrogen-bond acceptors (Lipinski definition) is 8. The second-order valence-electron chi connectivity index (χ2n) is 9.35. The summed E-state index contributed by atoms with van der Waals surface area (Å²) in [6.45, 7) is 4.10. The van der Waals surface area contributed by atoms with E-state index in [0.29, 0.717) is 50.0 Å². The third-order valence-corrected chi connectivity index (χ3v) is 8.51. The third-order valence-electron chi connectivity index (χ3n) is 6.73. The minimum atomic E-state index is -0.762. The molecule has 0 bridgehead atoms. The number of thiazole rings is 1. The molecule has 1 aromatic heterocycles. The van der Waals surface area contributed by atoms with Crippen molar-refractivity contribution >= 4 is 46.0 Å². The Balaban J connectivity index is 1.61. The zero-order valence-corrected chi connectivity index (χ0v) is 26.5. The summed E-state index contributed by atoms with van der Waals surface area (Å²) in [4.78, 5) is 32.3. The first-order valence-corrected chi connectivity index (χ1v) is 15.1. The maximum Gasteiger partial charge on any atom is 0.338 e. The molecule has 0 amide bonds. The average molecular weight is 697 g/mol. The first kappa shape index (κ1) is 29.6. The van der Waals surface area contributed by atoms with E-state index in [2.05, 4.69) is 27.6 Å². The highest BCUT2D eigenvalue weighted by molar-refractivity contribution is 14.1. The molecule has 0 spiro atoms. The molecule has 0 aliphatic carbocycles. The van der Waals surface area contributed by atoms with E-state index in [1.807, 2.05) is 60.7 Å². The molecule has 0 radical (unpaired) electrons. The van der Waals surface area contributed by atoms with Gasteiger partial charge in [-0.05, 0) is 71.8 Å². The van der Waals surface area contributed by atoms with Crippen molar-refractivity contribution in [2.24, 2.45) is 4.99 Å². The Labute approximate surface area is 260 Å². The topological polar surface area (TPSA) is 88.4 Å². The van der Waals surface area contributed by atoms with Gasteiger partial charge in [-0.25, -0.2) is 9.79 Å². The van der Waals surface area contributed by atoms with E-state index < -0.39 is 12.0 Å². The Morgan fingerprint density at radius 1 is 1.05 bits per heavy atom. The summed E-state index contributed by atoms with van der Waals surface area (Å²) >= 11 is 3.47. The van der Waals surface area contributed by atoms with E-state index in [9.17, 15) is 9.59 Å². The fraction of sp³-hybridized carbons (Fsp3) is 0.219. The molecule has 2 heterocycles. The summed E-state index contributed by atoms with van der Waals surface area (Å²) in [6.07, 6.45) is 1.80. The smallest absolute Gasteiger partial charge is 0.338 e. The van der Waals surface area contributed by atoms with Crippen molar-refractivity contribution in [3.05, 3.63) is 118 Å². The Morgan fingerprint density at radius 2 is 1.76 bits per heavy atom. The normalized spacial score (nSPS) is 14.7. The number of halogens is 1. The zero-order chi connectivity index (χ0) is 29.8. The zero-order valence-electron chi connectivity index (χ0n) is 23.5. The van der Waals surface area contributed by atoms with Crippen molar-refractivity contribution in [3.8, 4) is 17.2 Å². The average Bonchev–Trinajstić information content (AvgIpc) is 3.29. The Hall–Kier alpha value is -3.90. The lowest BCUT2D eigenvalue weighted by Gasteiger charge is -2.25. The molecular formula is C32H29IN2O6S. The Kier molecular flexibility index (Phi) is 9.12. The number of benzene rings is 3. The SMILES string of the molecule is CCOC(=O)C1=C(C)N=c2s/c(=C/c3cc(I)c(OCc4ccccc4)c(OC)c3)c(=O)n2[C@H]1c1ccccc1OC. The quantitative estimate of drug-likeness (QED) is 0.181. The van der Waals surface area contributed by atoms with Crippen LogP contribution in [0, 0.1) is 3.57 Å². The minimum Gasteiger partial charge on any atom is -0.496 e. The standard InChI is InChI=1S/C32H29IN2O6S/c1-5-40-31(37)27-19(2)34-32-35(28(27)22-13-9-10-14-24(22)38-3)30(36)26(42-32)17-21-15-23(33)29(25(16-21)39-4)41-18-20-11-7-6-8-12-20/h6-17,28H,5,18H2,1-4H3/b26-17+/t28-/m0/s1. The van der Waals surface area contributed by atoms with Gasteiger partial charge < -0.3 is 18.9 Å². The molecule has 0 saturated carbocycles. The first-order chi connectivity index (χ1) is 20.4. The second-order valence-corrected chi connectivity index (χ2v) is 11.5. The number of esters is 1. The molecule has 1 atom stereocenters. The van der Waals surface area contributed by atoms with Crippen LogP contribution >= 0.6 is 33.9 Å². The number of hydrogen-bond donors (Lipinski definition) is 0. The van der Waals surface area contributed by atoms with Crippen LogP contribution in [0.1, 0.15) is 36.6 Å². The second kappa shape index (κ2) is 13.0. The molecular weight excluding hydrogens is 667 g/mol. The van der Waals surface area contributed by atoms with E-state index in [0.717, 1.165) is 14.7 Å². The van der Waals surface area contributed by atoms with Crippen LogP contribution in [0.4, 0.5) is 0 Å². The largest absolute Gasteiger partial charge is 0.496 e. The molecule has 8 nitrogen and oxygen atoms in total. The summed E-state index contributed by atoms with van der Waals surface area (Å²) < 4.78 is 25.6. The van der Waals surface area contributed by atoms with Gasteiger partial charge in [-0.15, -0.1) is 0 Å². The van der Waals surface area contributed by atoms with Crippen LogP contribution in [-0.2, 0) is 16.1 Å². The van der Waals surface area contributed by atoms with Gasteiger partial charge in [0.25, 0.3) is 5.56 Å². The predicted octanol–water partition coefficient (Wildman–Crippen LogP) is 5.00. The van der Waals surface area contributed by atoms with Gasteiger partial charge in [0.1, 0.15) is 18.4 Å². The number of allylic oxidation sites excluding steroid dienone is 1. The summed E-state index contributed by atoms with van der Waals surface area (Å²) in [5, 5.41) is 0. The molecule has 5 rings (SSSR count). The molecule has 0 N–H and O–H groups in total. The van der Waals surface area contributed by atoms with Gasteiger partial charge in [-0.1, -0.05) is 59.9 Å². The van der Waals surface area contributed by atoms with Gasteiger partial charge in [0.2, 0.25) is 0 Å². The number of para-hydroxylation sites is 1. The molecule has 0 fully saturated rings. The summed E-state index contributed by atoms with van der Waals surface area (Å²) in [7, 11) is 3.15. The number of fused-ring (bicyclic) bond motifs is 1. The molecule has 42 heavy (non-hydrogen) atoms. The molecule has 1 aliphatic heterocycles. The highest BCUT2D eigenvalue weighted by Crippen LogP contribution is 2.36.